The van der Waals surface area contributed by atoms with Crippen LogP contribution in [0.4, 0.5) is 0 Å². The molecular weight excluding hydrogens is 238 g/mol. The molecule has 0 aromatic carbocycles. The van der Waals surface area contributed by atoms with Gasteiger partial charge in [-0.1, -0.05) is 0 Å². The second-order valence-electron chi connectivity index (χ2n) is 6.92. The van der Waals surface area contributed by atoms with E-state index in [9.17, 15) is 0 Å². The number of hydrogen-bond acceptors (Lipinski definition) is 4. The van der Waals surface area contributed by atoms with Gasteiger partial charge < -0.3 is 10.1 Å². The maximum atomic E-state index is 5.97. The van der Waals surface area contributed by atoms with Crippen LogP contribution in [-0.2, 0) is 4.74 Å². The van der Waals surface area contributed by atoms with Gasteiger partial charge in [0.15, 0.2) is 0 Å². The van der Waals surface area contributed by atoms with Gasteiger partial charge >= 0.3 is 0 Å². The van der Waals surface area contributed by atoms with Crippen LogP contribution in [-0.4, -0.2) is 72.9 Å². The van der Waals surface area contributed by atoms with Crippen molar-refractivity contribution in [1.82, 2.24) is 15.1 Å². The highest BCUT2D eigenvalue weighted by Crippen LogP contribution is 2.24. The Kier molecular flexibility index (Phi) is 4.13. The number of rotatable bonds is 4. The summed E-state index contributed by atoms with van der Waals surface area (Å²) in [6, 6.07) is 2.83. The number of fused-ring (bicyclic) bond motifs is 2. The van der Waals surface area contributed by atoms with Crippen LogP contribution in [0.2, 0.25) is 0 Å². The van der Waals surface area contributed by atoms with Gasteiger partial charge in [0.2, 0.25) is 0 Å². The molecule has 4 fully saturated rings. The quantitative estimate of drug-likeness (QED) is 0.820. The third-order valence-corrected chi connectivity index (χ3v) is 5.08. The zero-order valence-corrected chi connectivity index (χ0v) is 12.6. The number of morpholine rings is 1. The van der Waals surface area contributed by atoms with Gasteiger partial charge in [-0.05, 0) is 33.6 Å². The number of ether oxygens (including phenoxy) is 1. The highest BCUT2D eigenvalue weighted by atomic mass is 16.5. The SMILES string of the molecule is CC(C)N1CCOC(CC(C)N2CC3CC(C2)N3)C1. The number of piperidine rings is 1. The molecule has 0 saturated carbocycles. The molecule has 19 heavy (non-hydrogen) atoms. The summed E-state index contributed by atoms with van der Waals surface area (Å²) in [5, 5.41) is 3.61. The molecule has 4 unspecified atom stereocenters. The van der Waals surface area contributed by atoms with Gasteiger partial charge in [0, 0.05) is 50.3 Å². The van der Waals surface area contributed by atoms with E-state index in [-0.39, 0.29) is 0 Å². The van der Waals surface area contributed by atoms with Crippen molar-refractivity contribution in [3.8, 4) is 0 Å². The summed E-state index contributed by atoms with van der Waals surface area (Å²) >= 11 is 0. The standard InChI is InChI=1S/C15H29N3O/c1-11(2)17-4-5-19-15(10-17)6-12(3)18-8-13-7-14(9-18)16-13/h11-16H,4-10H2,1-3H3. The zero-order chi connectivity index (χ0) is 13.4. The second kappa shape index (κ2) is 5.68. The Morgan fingerprint density at radius 3 is 2.42 bits per heavy atom. The van der Waals surface area contributed by atoms with Gasteiger partial charge in [-0.2, -0.15) is 0 Å². The Morgan fingerprint density at radius 2 is 1.79 bits per heavy atom. The van der Waals surface area contributed by atoms with E-state index < -0.39 is 0 Å². The molecule has 4 aliphatic heterocycles. The molecule has 4 heterocycles. The van der Waals surface area contributed by atoms with Crippen molar-refractivity contribution < 1.29 is 4.74 Å². The molecule has 110 valence electrons. The van der Waals surface area contributed by atoms with E-state index in [0.29, 0.717) is 18.2 Å². The van der Waals surface area contributed by atoms with Gasteiger partial charge in [0.25, 0.3) is 0 Å². The van der Waals surface area contributed by atoms with Crippen LogP contribution >= 0.6 is 0 Å². The normalized spacial score (nSPS) is 38.2. The molecule has 0 amide bonds. The Hall–Kier alpha value is -0.160. The third kappa shape index (κ3) is 3.13. The molecular formula is C15H29N3O. The van der Waals surface area contributed by atoms with E-state index in [1.807, 2.05) is 0 Å². The van der Waals surface area contributed by atoms with Crippen LogP contribution in [0.3, 0.4) is 0 Å². The minimum Gasteiger partial charge on any atom is -0.375 e. The van der Waals surface area contributed by atoms with Gasteiger partial charge in [0.1, 0.15) is 0 Å². The maximum absolute atomic E-state index is 5.97. The summed E-state index contributed by atoms with van der Waals surface area (Å²) in [4.78, 5) is 5.21. The first-order valence-electron chi connectivity index (χ1n) is 7.97. The van der Waals surface area contributed by atoms with Gasteiger partial charge in [0.05, 0.1) is 12.7 Å². The first-order chi connectivity index (χ1) is 9.11. The van der Waals surface area contributed by atoms with Crippen LogP contribution in [0.25, 0.3) is 0 Å². The van der Waals surface area contributed by atoms with E-state index in [1.165, 1.54) is 25.9 Å². The summed E-state index contributed by atoms with van der Waals surface area (Å²) in [5.74, 6) is 0. The molecule has 4 atom stereocenters. The summed E-state index contributed by atoms with van der Waals surface area (Å²) in [6.07, 6.45) is 3.00. The van der Waals surface area contributed by atoms with E-state index in [0.717, 1.165) is 31.8 Å². The van der Waals surface area contributed by atoms with E-state index in [2.05, 4.69) is 35.9 Å². The molecule has 0 spiro atoms. The van der Waals surface area contributed by atoms with Gasteiger partial charge in [-0.3, -0.25) is 9.80 Å². The van der Waals surface area contributed by atoms with Crippen molar-refractivity contribution in [1.29, 1.82) is 0 Å². The molecule has 2 bridgehead atoms. The van der Waals surface area contributed by atoms with E-state index >= 15 is 0 Å². The zero-order valence-electron chi connectivity index (χ0n) is 12.6. The Bertz CT molecular complexity index is 294. The lowest BCUT2D eigenvalue weighted by molar-refractivity contribution is -0.0572. The summed E-state index contributed by atoms with van der Waals surface area (Å²) in [5.41, 5.74) is 0. The van der Waals surface area contributed by atoms with Crippen molar-refractivity contribution in [3.05, 3.63) is 0 Å². The van der Waals surface area contributed by atoms with Gasteiger partial charge in [-0.25, -0.2) is 0 Å². The topological polar surface area (TPSA) is 27.7 Å². The first kappa shape index (κ1) is 13.8. The average Bonchev–Trinajstić information content (AvgIpc) is 2.38. The second-order valence-corrected chi connectivity index (χ2v) is 6.92. The fraction of sp³-hybridized carbons (Fsp3) is 1.00. The van der Waals surface area contributed by atoms with Gasteiger partial charge in [-0.15, -0.1) is 0 Å². The Morgan fingerprint density at radius 1 is 1.11 bits per heavy atom. The lowest BCUT2D eigenvalue weighted by Crippen LogP contribution is -2.68. The molecule has 0 aromatic heterocycles. The fourth-order valence-electron chi connectivity index (χ4n) is 3.79. The summed E-state index contributed by atoms with van der Waals surface area (Å²) < 4.78 is 5.97. The molecule has 0 radical (unpaired) electrons. The maximum Gasteiger partial charge on any atom is 0.0717 e. The highest BCUT2D eigenvalue weighted by Gasteiger charge is 2.38. The van der Waals surface area contributed by atoms with Crippen molar-refractivity contribution in [2.75, 3.05) is 32.8 Å². The van der Waals surface area contributed by atoms with Crippen molar-refractivity contribution in [2.45, 2.75) is 63.9 Å². The van der Waals surface area contributed by atoms with Crippen LogP contribution < -0.4 is 5.32 Å². The minimum atomic E-state index is 0.428. The molecule has 4 aliphatic rings. The largest absolute Gasteiger partial charge is 0.375 e. The lowest BCUT2D eigenvalue weighted by atomic mass is 9.89. The number of nitrogens with zero attached hydrogens (tertiary/aromatic N) is 2. The molecule has 4 heteroatoms. The van der Waals surface area contributed by atoms with Crippen LogP contribution in [0.5, 0.6) is 0 Å². The summed E-state index contributed by atoms with van der Waals surface area (Å²) in [6.45, 7) is 12.5. The predicted molar refractivity (Wildman–Crippen MR) is 77.4 cm³/mol. The monoisotopic (exact) mass is 267 g/mol. The predicted octanol–water partition coefficient (Wildman–Crippen LogP) is 0.920. The molecule has 4 saturated heterocycles. The van der Waals surface area contributed by atoms with Crippen LogP contribution in [0.1, 0.15) is 33.6 Å². The smallest absolute Gasteiger partial charge is 0.0717 e. The number of piperazine rings is 1. The lowest BCUT2D eigenvalue weighted by Gasteiger charge is -2.50. The van der Waals surface area contributed by atoms with E-state index in [1.54, 1.807) is 0 Å². The molecule has 0 aliphatic carbocycles. The fourth-order valence-corrected chi connectivity index (χ4v) is 3.79. The molecule has 0 aromatic rings. The summed E-state index contributed by atoms with van der Waals surface area (Å²) in [7, 11) is 0. The van der Waals surface area contributed by atoms with Crippen LogP contribution in [0.15, 0.2) is 0 Å². The Labute approximate surface area is 117 Å². The molecule has 4 nitrogen and oxygen atoms in total. The van der Waals surface area contributed by atoms with Crippen LogP contribution in [0, 0.1) is 0 Å². The molecule has 4 rings (SSSR count). The first-order valence-corrected chi connectivity index (χ1v) is 7.97. The highest BCUT2D eigenvalue weighted by molar-refractivity contribution is 4.99. The average molecular weight is 267 g/mol. The minimum absolute atomic E-state index is 0.428. The number of nitrogens with one attached hydrogen (secondary N) is 1. The Balaban J connectivity index is 1.47. The van der Waals surface area contributed by atoms with Crippen molar-refractivity contribution in [2.24, 2.45) is 0 Å². The molecule has 1 N–H and O–H groups in total. The van der Waals surface area contributed by atoms with Crippen molar-refractivity contribution in [3.63, 3.8) is 0 Å². The third-order valence-electron chi connectivity index (χ3n) is 5.08. The number of hydrogen-bond donors (Lipinski definition) is 1. The van der Waals surface area contributed by atoms with Crippen molar-refractivity contribution >= 4 is 0 Å². The van der Waals surface area contributed by atoms with E-state index in [4.69, 9.17) is 4.74 Å².